The normalized spacial score (nSPS) is 19.1. The molecule has 1 N–H and O–H groups in total. The number of ether oxygens (including phenoxy) is 1. The highest BCUT2D eigenvalue weighted by atomic mass is 19.1. The quantitative estimate of drug-likeness (QED) is 0.523. The molecule has 3 aromatic rings. The summed E-state index contributed by atoms with van der Waals surface area (Å²) in [5, 5.41) is 12.2. The maximum absolute atomic E-state index is 15.3. The van der Waals surface area contributed by atoms with Gasteiger partial charge in [-0.05, 0) is 61.2 Å². The fourth-order valence-corrected chi connectivity index (χ4v) is 5.47. The van der Waals surface area contributed by atoms with Gasteiger partial charge < -0.3 is 19.6 Å². The van der Waals surface area contributed by atoms with Crippen molar-refractivity contribution in [1.82, 2.24) is 14.9 Å². The Balaban J connectivity index is 1.39. The number of morpholine rings is 1. The first-order valence-corrected chi connectivity index (χ1v) is 13.4. The number of carbonyl (C=O) groups is 1. The molecule has 2 fully saturated rings. The second-order valence-corrected chi connectivity index (χ2v) is 9.89. The molecule has 1 unspecified atom stereocenters. The van der Waals surface area contributed by atoms with Gasteiger partial charge in [-0.2, -0.15) is 0 Å². The molecule has 6 rings (SSSR count). The average molecular weight is 528 g/mol. The number of amides is 1. The van der Waals surface area contributed by atoms with Crippen LogP contribution < -0.4 is 4.90 Å². The zero-order chi connectivity index (χ0) is 26.8. The Morgan fingerprint density at radius 2 is 1.90 bits per heavy atom. The van der Waals surface area contributed by atoms with E-state index in [4.69, 9.17) is 4.74 Å². The first-order chi connectivity index (χ1) is 19.1. The lowest BCUT2D eigenvalue weighted by molar-refractivity contribution is -0.126. The lowest BCUT2D eigenvalue weighted by Crippen LogP contribution is -2.36. The summed E-state index contributed by atoms with van der Waals surface area (Å²) in [6, 6.07) is 10.4. The summed E-state index contributed by atoms with van der Waals surface area (Å²) in [6.07, 6.45) is 8.34. The van der Waals surface area contributed by atoms with Crippen molar-refractivity contribution < 1.29 is 19.0 Å². The van der Waals surface area contributed by atoms with E-state index >= 15 is 4.39 Å². The average Bonchev–Trinajstić information content (AvgIpc) is 3.38. The maximum atomic E-state index is 15.3. The van der Waals surface area contributed by atoms with Gasteiger partial charge in [0.1, 0.15) is 18.2 Å². The summed E-state index contributed by atoms with van der Waals surface area (Å²) >= 11 is 0. The fourth-order valence-electron chi connectivity index (χ4n) is 5.47. The molecule has 2 aromatic carbocycles. The van der Waals surface area contributed by atoms with Crippen LogP contribution in [0.15, 0.2) is 71.3 Å². The number of aromatic nitrogens is 2. The smallest absolute Gasteiger partial charge is 0.226 e. The van der Waals surface area contributed by atoms with Gasteiger partial charge in [-0.1, -0.05) is 12.1 Å². The lowest BCUT2D eigenvalue weighted by Gasteiger charge is -2.29. The zero-order valence-corrected chi connectivity index (χ0v) is 21.6. The van der Waals surface area contributed by atoms with Crippen LogP contribution in [0.1, 0.15) is 37.4 Å². The zero-order valence-electron chi connectivity index (χ0n) is 21.6. The van der Waals surface area contributed by atoms with Crippen molar-refractivity contribution in [3.63, 3.8) is 0 Å². The van der Waals surface area contributed by atoms with Crippen LogP contribution in [-0.2, 0) is 9.53 Å². The van der Waals surface area contributed by atoms with E-state index < -0.39 is 11.9 Å². The number of aliphatic hydroxyl groups excluding tert-OH is 1. The third-order valence-corrected chi connectivity index (χ3v) is 7.50. The van der Waals surface area contributed by atoms with E-state index in [1.807, 2.05) is 30.4 Å². The SMILES string of the molecule is O=C1CCCN1C1=C(C(O)c2ccc(F)c(-c3ncnc4cc(N5CCOCC5)ccc34)c2)N=CC=CCC1. The van der Waals surface area contributed by atoms with Gasteiger partial charge in [0, 0.05) is 54.6 Å². The number of anilines is 1. The number of hydrogen-bond acceptors (Lipinski definition) is 7. The third kappa shape index (κ3) is 5.07. The molecule has 0 aliphatic carbocycles. The fraction of sp³-hybridized carbons (Fsp3) is 0.333. The van der Waals surface area contributed by atoms with Crippen LogP contribution in [0.25, 0.3) is 22.2 Å². The monoisotopic (exact) mass is 527 g/mol. The molecule has 39 heavy (non-hydrogen) atoms. The van der Waals surface area contributed by atoms with Gasteiger partial charge in [0.15, 0.2) is 0 Å². The molecule has 1 atom stereocenters. The number of fused-ring (bicyclic) bond motifs is 1. The minimum Gasteiger partial charge on any atom is -0.382 e. The number of likely N-dealkylation sites (tertiary alicyclic amines) is 1. The van der Waals surface area contributed by atoms with Crippen LogP contribution in [0.3, 0.4) is 0 Å². The predicted octanol–water partition coefficient (Wildman–Crippen LogP) is 4.56. The van der Waals surface area contributed by atoms with E-state index in [0.29, 0.717) is 55.1 Å². The largest absolute Gasteiger partial charge is 0.382 e. The van der Waals surface area contributed by atoms with Crippen LogP contribution in [0.5, 0.6) is 0 Å². The first-order valence-electron chi connectivity index (χ1n) is 13.4. The highest BCUT2D eigenvalue weighted by Crippen LogP contribution is 2.36. The number of halogens is 1. The molecule has 200 valence electrons. The predicted molar refractivity (Wildman–Crippen MR) is 148 cm³/mol. The van der Waals surface area contributed by atoms with Crippen LogP contribution in [0.2, 0.25) is 0 Å². The molecule has 8 nitrogen and oxygen atoms in total. The molecule has 3 aliphatic rings. The van der Waals surface area contributed by atoms with Crippen molar-refractivity contribution in [1.29, 1.82) is 0 Å². The maximum Gasteiger partial charge on any atom is 0.226 e. The van der Waals surface area contributed by atoms with Crippen molar-refractivity contribution >= 4 is 28.7 Å². The molecule has 2 saturated heterocycles. The van der Waals surface area contributed by atoms with E-state index in [-0.39, 0.29) is 11.5 Å². The Kier molecular flexibility index (Phi) is 7.17. The summed E-state index contributed by atoms with van der Waals surface area (Å²) in [6.45, 7) is 3.57. The number of benzene rings is 2. The van der Waals surface area contributed by atoms with Crippen LogP contribution in [0, 0.1) is 5.82 Å². The van der Waals surface area contributed by atoms with Gasteiger partial charge in [0.05, 0.1) is 30.1 Å². The molecular formula is C30H30FN5O3. The summed E-state index contributed by atoms with van der Waals surface area (Å²) in [7, 11) is 0. The standard InChI is InChI=1S/C30H30FN5O3/c31-24-10-7-20(30(38)29-26(5-2-1-3-11-32-29)36-12-4-6-27(36)37)17-23(24)28-22-9-8-21(18-25(22)33-19-34-28)35-13-15-39-16-14-35/h1,3,7-11,17-19,30,38H,2,4-6,12-16H2. The lowest BCUT2D eigenvalue weighted by atomic mass is 9.97. The van der Waals surface area contributed by atoms with Crippen LogP contribution in [-0.4, -0.2) is 64.9 Å². The van der Waals surface area contributed by atoms with Gasteiger partial charge in [0.2, 0.25) is 5.91 Å². The molecule has 0 radical (unpaired) electrons. The first kappa shape index (κ1) is 25.3. The number of hydrogen-bond donors (Lipinski definition) is 1. The number of aliphatic hydroxyl groups is 1. The number of nitrogens with zero attached hydrogens (tertiary/aromatic N) is 5. The number of allylic oxidation sites excluding steroid dienone is 3. The molecule has 0 saturated carbocycles. The Bertz CT molecular complexity index is 1500. The van der Waals surface area contributed by atoms with Gasteiger partial charge in [0.25, 0.3) is 0 Å². The summed E-state index contributed by atoms with van der Waals surface area (Å²) < 4.78 is 20.7. The van der Waals surface area contributed by atoms with E-state index in [0.717, 1.165) is 42.7 Å². The number of carbonyl (C=O) groups excluding carboxylic acids is 1. The van der Waals surface area contributed by atoms with Crippen LogP contribution in [0.4, 0.5) is 10.1 Å². The van der Waals surface area contributed by atoms with Crippen LogP contribution >= 0.6 is 0 Å². The molecule has 0 bridgehead atoms. The van der Waals surface area contributed by atoms with E-state index in [1.54, 1.807) is 23.2 Å². The van der Waals surface area contributed by atoms with E-state index in [2.05, 4.69) is 19.9 Å². The summed E-state index contributed by atoms with van der Waals surface area (Å²) in [5.41, 5.74) is 4.08. The summed E-state index contributed by atoms with van der Waals surface area (Å²) in [4.78, 5) is 30.0. The topological polar surface area (TPSA) is 91.2 Å². The van der Waals surface area contributed by atoms with Gasteiger partial charge in [-0.3, -0.25) is 9.79 Å². The van der Waals surface area contributed by atoms with Gasteiger partial charge in [-0.15, -0.1) is 0 Å². The van der Waals surface area contributed by atoms with Crippen molar-refractivity contribution in [2.45, 2.75) is 31.8 Å². The third-order valence-electron chi connectivity index (χ3n) is 7.50. The van der Waals surface area contributed by atoms with Gasteiger partial charge >= 0.3 is 0 Å². The van der Waals surface area contributed by atoms with E-state index in [9.17, 15) is 9.90 Å². The molecule has 3 aliphatic heterocycles. The van der Waals surface area contributed by atoms with Crippen molar-refractivity contribution in [3.8, 4) is 11.3 Å². The van der Waals surface area contributed by atoms with Crippen molar-refractivity contribution in [2.75, 3.05) is 37.7 Å². The minimum atomic E-state index is -1.14. The highest BCUT2D eigenvalue weighted by molar-refractivity contribution is 5.94. The summed E-state index contributed by atoms with van der Waals surface area (Å²) in [5.74, 6) is -0.408. The van der Waals surface area contributed by atoms with E-state index in [1.165, 1.54) is 12.4 Å². The Hall–Kier alpha value is -3.95. The van der Waals surface area contributed by atoms with Crippen molar-refractivity contribution in [2.24, 2.45) is 4.99 Å². The van der Waals surface area contributed by atoms with Crippen molar-refractivity contribution in [3.05, 3.63) is 77.7 Å². The molecule has 0 spiro atoms. The minimum absolute atomic E-state index is 0.0400. The number of aliphatic imine (C=N–C) groups is 1. The molecule has 4 heterocycles. The second-order valence-electron chi connectivity index (χ2n) is 9.89. The highest BCUT2D eigenvalue weighted by Gasteiger charge is 2.29. The Labute approximate surface area is 226 Å². The van der Waals surface area contributed by atoms with Gasteiger partial charge in [-0.25, -0.2) is 14.4 Å². The Morgan fingerprint density at radius 1 is 1.03 bits per heavy atom. The Morgan fingerprint density at radius 3 is 2.72 bits per heavy atom. The second kappa shape index (κ2) is 11.0. The molecule has 9 heteroatoms. The molecule has 1 amide bonds. The molecule has 1 aromatic heterocycles. The molecular weight excluding hydrogens is 497 g/mol. The number of rotatable bonds is 5.